The van der Waals surface area contributed by atoms with Gasteiger partial charge in [0.2, 0.25) is 5.95 Å². The highest BCUT2D eigenvalue weighted by Gasteiger charge is 2.30. The number of rotatable bonds is 8. The predicted molar refractivity (Wildman–Crippen MR) is 187 cm³/mol. The number of fused-ring (bicyclic) bond motifs is 2. The predicted octanol–water partition coefficient (Wildman–Crippen LogP) is 7.69. The first-order valence-electron chi connectivity index (χ1n) is 16.6. The number of carbonyl (C=O) groups is 1. The number of carbonyl (C=O) groups excluding carboxylic acids is 1. The molecule has 3 atom stereocenters. The van der Waals surface area contributed by atoms with Crippen molar-refractivity contribution in [2.24, 2.45) is 5.41 Å². The van der Waals surface area contributed by atoms with Crippen LogP contribution in [0.15, 0.2) is 78.8 Å². The van der Waals surface area contributed by atoms with Gasteiger partial charge in [0.15, 0.2) is 5.65 Å². The largest absolute Gasteiger partial charge is 0.484 e. The van der Waals surface area contributed by atoms with E-state index in [-0.39, 0.29) is 23.6 Å². The maximum absolute atomic E-state index is 13.4. The van der Waals surface area contributed by atoms with Crippen LogP contribution in [0.4, 0.5) is 16.4 Å². The van der Waals surface area contributed by atoms with Gasteiger partial charge in [-0.05, 0) is 81.3 Å². The Balaban J connectivity index is 1.17. The third-order valence-electron chi connectivity index (χ3n) is 9.11. The highest BCUT2D eigenvalue weighted by Crippen LogP contribution is 2.39. The lowest BCUT2D eigenvalue weighted by atomic mass is 9.85. The molecule has 246 valence electrons. The van der Waals surface area contributed by atoms with Crippen molar-refractivity contribution in [2.75, 3.05) is 16.8 Å². The van der Waals surface area contributed by atoms with E-state index in [1.807, 2.05) is 86.8 Å². The van der Waals surface area contributed by atoms with Crippen molar-refractivity contribution < 1.29 is 9.53 Å². The van der Waals surface area contributed by atoms with Crippen molar-refractivity contribution in [3.8, 4) is 5.75 Å². The molecule has 0 radical (unpaired) electrons. The summed E-state index contributed by atoms with van der Waals surface area (Å²) >= 11 is 0. The third kappa shape index (κ3) is 7.42. The number of amides is 2. The number of allylic oxidation sites excluding steroid dienone is 1. The van der Waals surface area contributed by atoms with Crippen LogP contribution in [0.25, 0.3) is 5.65 Å². The van der Waals surface area contributed by atoms with E-state index >= 15 is 0 Å². The molecule has 4 aromatic rings. The standard InChI is InChI=1S/C37H46N8O2/c1-24-13-15-26(16-14-24)39-33(22-32(38)37(3,4)5)41-35(46)40-30-18-19-31(29-12-7-6-11-28(29)30)47-27-17-20-34-42-43-36(45(34)23-27)44-21-9-8-10-25(44)2/h6-7,11-17,20,22-23,25,30-31,38-39H,8-10,18-19,21H2,1-5H3,(H2,40,41,46)/b33-22+,38-32?/t25-,30-,31+/m0/s1. The molecule has 4 N–H and O–H groups in total. The molecule has 0 saturated carbocycles. The molecule has 2 aliphatic rings. The maximum atomic E-state index is 13.4. The number of aryl methyl sites for hydroxylation is 1. The fraction of sp³-hybridized carbons (Fsp3) is 0.405. The Kier molecular flexibility index (Phi) is 9.20. The number of hydrogen-bond acceptors (Lipinski definition) is 7. The molecule has 2 aromatic heterocycles. The number of piperidine rings is 1. The van der Waals surface area contributed by atoms with E-state index in [1.54, 1.807) is 6.08 Å². The molecule has 1 saturated heterocycles. The van der Waals surface area contributed by atoms with Crippen LogP contribution < -0.4 is 25.6 Å². The zero-order valence-electron chi connectivity index (χ0n) is 28.0. The zero-order chi connectivity index (χ0) is 33.1. The van der Waals surface area contributed by atoms with Gasteiger partial charge in [0.05, 0.1) is 12.2 Å². The summed E-state index contributed by atoms with van der Waals surface area (Å²) in [6.45, 7) is 11.2. The van der Waals surface area contributed by atoms with Gasteiger partial charge in [-0.25, -0.2) is 4.79 Å². The van der Waals surface area contributed by atoms with E-state index in [9.17, 15) is 4.79 Å². The normalized spacial score (nSPS) is 20.0. The van der Waals surface area contributed by atoms with E-state index < -0.39 is 0 Å². The molecule has 10 heteroatoms. The van der Waals surface area contributed by atoms with Gasteiger partial charge >= 0.3 is 6.03 Å². The molecule has 6 rings (SSSR count). The molecule has 0 bridgehead atoms. The summed E-state index contributed by atoms with van der Waals surface area (Å²) in [5.41, 5.74) is 4.89. The molecule has 47 heavy (non-hydrogen) atoms. The van der Waals surface area contributed by atoms with E-state index in [0.717, 1.165) is 65.5 Å². The second-order valence-electron chi connectivity index (χ2n) is 13.8. The summed E-state index contributed by atoms with van der Waals surface area (Å²) < 4.78 is 8.67. The summed E-state index contributed by atoms with van der Waals surface area (Å²) in [7, 11) is 0. The van der Waals surface area contributed by atoms with Crippen LogP contribution in [0.3, 0.4) is 0 Å². The second kappa shape index (κ2) is 13.5. The lowest BCUT2D eigenvalue weighted by Gasteiger charge is -2.33. The summed E-state index contributed by atoms with van der Waals surface area (Å²) in [6.07, 6.45) is 8.51. The van der Waals surface area contributed by atoms with E-state index in [4.69, 9.17) is 10.1 Å². The Morgan fingerprint density at radius 1 is 0.979 bits per heavy atom. The van der Waals surface area contributed by atoms with Gasteiger partial charge in [0.1, 0.15) is 17.7 Å². The van der Waals surface area contributed by atoms with Gasteiger partial charge in [0.25, 0.3) is 0 Å². The van der Waals surface area contributed by atoms with Crippen LogP contribution in [0.5, 0.6) is 5.75 Å². The van der Waals surface area contributed by atoms with Crippen molar-refractivity contribution in [1.82, 2.24) is 25.2 Å². The minimum Gasteiger partial charge on any atom is -0.484 e. The van der Waals surface area contributed by atoms with Crippen molar-refractivity contribution >= 4 is 29.0 Å². The zero-order valence-corrected chi connectivity index (χ0v) is 28.0. The Bertz CT molecular complexity index is 1770. The van der Waals surface area contributed by atoms with Crippen LogP contribution in [-0.2, 0) is 0 Å². The molecule has 0 unspecified atom stereocenters. The van der Waals surface area contributed by atoms with Crippen molar-refractivity contribution in [3.63, 3.8) is 0 Å². The first-order chi connectivity index (χ1) is 22.5. The van der Waals surface area contributed by atoms with Gasteiger partial charge < -0.3 is 25.7 Å². The van der Waals surface area contributed by atoms with Gasteiger partial charge in [-0.1, -0.05) is 62.7 Å². The van der Waals surface area contributed by atoms with Crippen LogP contribution >= 0.6 is 0 Å². The fourth-order valence-corrected chi connectivity index (χ4v) is 6.28. The molecule has 1 fully saturated rings. The second-order valence-corrected chi connectivity index (χ2v) is 13.8. The molecule has 2 aromatic carbocycles. The van der Waals surface area contributed by atoms with Gasteiger partial charge in [-0.3, -0.25) is 9.72 Å². The highest BCUT2D eigenvalue weighted by atomic mass is 16.5. The number of ether oxygens (including phenoxy) is 1. The number of urea groups is 1. The highest BCUT2D eigenvalue weighted by molar-refractivity contribution is 5.97. The first-order valence-corrected chi connectivity index (χ1v) is 16.6. The Hall–Kier alpha value is -4.86. The van der Waals surface area contributed by atoms with Crippen LogP contribution in [0.2, 0.25) is 0 Å². The average Bonchev–Trinajstić information content (AvgIpc) is 3.46. The molecule has 0 spiro atoms. The Labute approximate surface area is 277 Å². The third-order valence-corrected chi connectivity index (χ3v) is 9.11. The number of nitrogens with zero attached hydrogens (tertiary/aromatic N) is 4. The maximum Gasteiger partial charge on any atom is 0.320 e. The van der Waals surface area contributed by atoms with E-state index in [2.05, 4.69) is 50.1 Å². The first kappa shape index (κ1) is 32.1. The molecular weight excluding hydrogens is 588 g/mol. The van der Waals surface area contributed by atoms with Crippen LogP contribution in [0.1, 0.15) is 88.6 Å². The fourth-order valence-electron chi connectivity index (χ4n) is 6.28. The monoisotopic (exact) mass is 634 g/mol. The summed E-state index contributed by atoms with van der Waals surface area (Å²) in [5.74, 6) is 2.06. The number of pyridine rings is 1. The molecule has 3 heterocycles. The smallest absolute Gasteiger partial charge is 0.320 e. The molecule has 1 aliphatic carbocycles. The van der Waals surface area contributed by atoms with Crippen LogP contribution in [-0.4, -0.2) is 38.9 Å². The lowest BCUT2D eigenvalue weighted by Crippen LogP contribution is -2.41. The number of hydrogen-bond donors (Lipinski definition) is 4. The summed E-state index contributed by atoms with van der Waals surface area (Å²) in [6, 6.07) is 19.9. The minimum atomic E-state index is -0.373. The summed E-state index contributed by atoms with van der Waals surface area (Å²) in [4.78, 5) is 15.8. The van der Waals surface area contributed by atoms with Gasteiger partial charge in [0, 0.05) is 35.5 Å². The molecule has 10 nitrogen and oxygen atoms in total. The number of nitrogens with one attached hydrogen (secondary N) is 4. The summed E-state index contributed by atoms with van der Waals surface area (Å²) in [5, 5.41) is 26.9. The Morgan fingerprint density at radius 2 is 1.74 bits per heavy atom. The number of anilines is 2. The Morgan fingerprint density at radius 3 is 2.49 bits per heavy atom. The molecule has 1 aliphatic heterocycles. The van der Waals surface area contributed by atoms with E-state index in [1.165, 1.54) is 6.42 Å². The molecular formula is C37H46N8O2. The topological polar surface area (TPSA) is 120 Å². The van der Waals surface area contributed by atoms with Gasteiger partial charge in [-0.2, -0.15) is 0 Å². The van der Waals surface area contributed by atoms with Crippen molar-refractivity contribution in [3.05, 3.63) is 95.4 Å². The average molecular weight is 635 g/mol. The van der Waals surface area contributed by atoms with E-state index in [0.29, 0.717) is 24.0 Å². The van der Waals surface area contributed by atoms with Crippen molar-refractivity contribution in [2.45, 2.75) is 84.9 Å². The minimum absolute atomic E-state index is 0.162. The lowest BCUT2D eigenvalue weighted by molar-refractivity contribution is 0.171. The number of benzene rings is 2. The number of aromatic nitrogens is 3. The SMILES string of the molecule is Cc1ccc(N/C(=C\C(=N)C(C)(C)C)NC(=O)N[C@H]2CC[C@@H](Oc3ccc4nnc(N5CCCC[C@@H]5C)n4c3)c3ccccc32)cc1. The van der Waals surface area contributed by atoms with Crippen molar-refractivity contribution in [1.29, 1.82) is 5.41 Å². The quantitative estimate of drug-likeness (QED) is 0.148. The molecule has 2 amide bonds. The van der Waals surface area contributed by atoms with Gasteiger partial charge in [-0.15, -0.1) is 10.2 Å². The van der Waals surface area contributed by atoms with Crippen LogP contribution in [0, 0.1) is 17.7 Å².